The van der Waals surface area contributed by atoms with Crippen LogP contribution in [0.4, 0.5) is 5.82 Å². The molecule has 0 fully saturated rings. The highest BCUT2D eigenvalue weighted by atomic mass is 16.5. The van der Waals surface area contributed by atoms with E-state index >= 15 is 0 Å². The molecule has 6 nitrogen and oxygen atoms in total. The monoisotopic (exact) mass is 298 g/mol. The Balaban J connectivity index is 1.92. The third-order valence-electron chi connectivity index (χ3n) is 3.59. The Hall–Kier alpha value is -2.63. The fraction of sp³-hybridized carbons (Fsp3) is 0.312. The number of carbonyl (C=O) groups is 1. The van der Waals surface area contributed by atoms with E-state index in [0.29, 0.717) is 5.82 Å². The highest BCUT2D eigenvalue weighted by Crippen LogP contribution is 2.40. The van der Waals surface area contributed by atoms with Gasteiger partial charge in [0, 0.05) is 12.0 Å². The number of hydrogen-bond acceptors (Lipinski definition) is 5. The second-order valence-electron chi connectivity index (χ2n) is 5.95. The lowest BCUT2D eigenvalue weighted by Crippen LogP contribution is -2.37. The van der Waals surface area contributed by atoms with Gasteiger partial charge in [-0.05, 0) is 19.9 Å². The first kappa shape index (κ1) is 14.3. The number of primary amides is 1. The van der Waals surface area contributed by atoms with Gasteiger partial charge in [-0.3, -0.25) is 9.78 Å². The summed E-state index contributed by atoms with van der Waals surface area (Å²) < 4.78 is 6.00. The van der Waals surface area contributed by atoms with Crippen molar-refractivity contribution < 1.29 is 9.53 Å². The van der Waals surface area contributed by atoms with Crippen molar-refractivity contribution in [3.63, 3.8) is 0 Å². The summed E-state index contributed by atoms with van der Waals surface area (Å²) in [7, 11) is 0. The fourth-order valence-corrected chi connectivity index (χ4v) is 2.66. The molecule has 1 aromatic heterocycles. The highest BCUT2D eigenvalue weighted by Gasteiger charge is 2.33. The minimum atomic E-state index is -0.594. The predicted octanol–water partition coefficient (Wildman–Crippen LogP) is 2.29. The van der Waals surface area contributed by atoms with Crippen LogP contribution in [-0.4, -0.2) is 21.5 Å². The first-order valence-electron chi connectivity index (χ1n) is 7.11. The van der Waals surface area contributed by atoms with Crippen molar-refractivity contribution in [2.75, 3.05) is 5.32 Å². The SMILES string of the molecule is CC1(C)CC(Nc2cncc(C(N)=O)n2)c2ccccc2O1. The van der Waals surface area contributed by atoms with Crippen LogP contribution in [0.15, 0.2) is 36.7 Å². The van der Waals surface area contributed by atoms with Crippen molar-refractivity contribution in [3.05, 3.63) is 47.9 Å². The molecule has 0 saturated carbocycles. The Kier molecular flexibility index (Phi) is 3.44. The van der Waals surface area contributed by atoms with Gasteiger partial charge in [-0.25, -0.2) is 4.98 Å². The largest absolute Gasteiger partial charge is 0.487 e. The van der Waals surface area contributed by atoms with Crippen LogP contribution in [0.1, 0.15) is 42.4 Å². The van der Waals surface area contributed by atoms with Crippen molar-refractivity contribution in [1.29, 1.82) is 0 Å². The van der Waals surface area contributed by atoms with E-state index in [1.54, 1.807) is 6.20 Å². The molecule has 3 rings (SSSR count). The fourth-order valence-electron chi connectivity index (χ4n) is 2.66. The molecule has 0 spiro atoms. The zero-order chi connectivity index (χ0) is 15.7. The smallest absolute Gasteiger partial charge is 0.268 e. The van der Waals surface area contributed by atoms with Gasteiger partial charge in [0.15, 0.2) is 0 Å². The normalized spacial score (nSPS) is 18.9. The number of rotatable bonds is 3. The Morgan fingerprint density at radius 3 is 2.91 bits per heavy atom. The number of nitrogens with one attached hydrogen (secondary N) is 1. The van der Waals surface area contributed by atoms with E-state index in [4.69, 9.17) is 10.5 Å². The second-order valence-corrected chi connectivity index (χ2v) is 5.95. The standard InChI is InChI=1S/C16H18N4O2/c1-16(2)7-11(10-5-3-4-6-13(10)22-16)19-14-9-18-8-12(20-14)15(17)21/h3-6,8-9,11H,7H2,1-2H3,(H2,17,21)(H,19,20). The summed E-state index contributed by atoms with van der Waals surface area (Å²) in [6.07, 6.45) is 3.71. The summed E-state index contributed by atoms with van der Waals surface area (Å²) in [6.45, 7) is 4.09. The van der Waals surface area contributed by atoms with Crippen molar-refractivity contribution in [2.45, 2.75) is 31.9 Å². The number of fused-ring (bicyclic) bond motifs is 1. The number of anilines is 1. The number of benzene rings is 1. The minimum Gasteiger partial charge on any atom is -0.487 e. The van der Waals surface area contributed by atoms with Gasteiger partial charge in [-0.2, -0.15) is 0 Å². The van der Waals surface area contributed by atoms with E-state index in [-0.39, 0.29) is 17.3 Å². The number of amides is 1. The molecule has 0 aliphatic carbocycles. The summed E-state index contributed by atoms with van der Waals surface area (Å²) in [6, 6.07) is 7.92. The van der Waals surface area contributed by atoms with Crippen LogP contribution in [0.5, 0.6) is 5.75 Å². The zero-order valence-electron chi connectivity index (χ0n) is 12.5. The number of aromatic nitrogens is 2. The number of nitrogens with zero attached hydrogens (tertiary/aromatic N) is 2. The Morgan fingerprint density at radius 2 is 2.14 bits per heavy atom. The lowest BCUT2D eigenvalue weighted by Gasteiger charge is -2.38. The number of carbonyl (C=O) groups excluding carboxylic acids is 1. The van der Waals surface area contributed by atoms with Crippen LogP contribution in [-0.2, 0) is 0 Å². The Morgan fingerprint density at radius 1 is 1.36 bits per heavy atom. The van der Waals surface area contributed by atoms with Crippen molar-refractivity contribution in [1.82, 2.24) is 9.97 Å². The molecule has 1 aliphatic heterocycles. The molecule has 1 unspecified atom stereocenters. The molecule has 22 heavy (non-hydrogen) atoms. The zero-order valence-corrected chi connectivity index (χ0v) is 12.5. The van der Waals surface area contributed by atoms with Gasteiger partial charge in [0.1, 0.15) is 22.9 Å². The third kappa shape index (κ3) is 2.86. The maximum Gasteiger partial charge on any atom is 0.268 e. The first-order valence-corrected chi connectivity index (χ1v) is 7.11. The van der Waals surface area contributed by atoms with E-state index in [9.17, 15) is 4.79 Å². The molecule has 2 aromatic rings. The van der Waals surface area contributed by atoms with E-state index in [1.165, 1.54) is 6.20 Å². The third-order valence-corrected chi connectivity index (χ3v) is 3.59. The van der Waals surface area contributed by atoms with E-state index in [1.807, 2.05) is 38.1 Å². The molecule has 3 N–H and O–H groups in total. The van der Waals surface area contributed by atoms with Crippen LogP contribution in [0.2, 0.25) is 0 Å². The van der Waals surface area contributed by atoms with Crippen LogP contribution in [0, 0.1) is 0 Å². The van der Waals surface area contributed by atoms with Gasteiger partial charge >= 0.3 is 0 Å². The topological polar surface area (TPSA) is 90.1 Å². The molecule has 6 heteroatoms. The molecule has 0 radical (unpaired) electrons. The molecular weight excluding hydrogens is 280 g/mol. The highest BCUT2D eigenvalue weighted by molar-refractivity contribution is 5.90. The van der Waals surface area contributed by atoms with Crippen molar-refractivity contribution in [3.8, 4) is 5.75 Å². The molecule has 1 amide bonds. The van der Waals surface area contributed by atoms with Crippen LogP contribution < -0.4 is 15.8 Å². The van der Waals surface area contributed by atoms with Gasteiger partial charge in [0.2, 0.25) is 0 Å². The van der Waals surface area contributed by atoms with E-state index in [2.05, 4.69) is 15.3 Å². The molecule has 1 aliphatic rings. The minimum absolute atomic E-state index is 0.0253. The molecule has 0 bridgehead atoms. The number of hydrogen-bond donors (Lipinski definition) is 2. The molecule has 1 aromatic carbocycles. The average molecular weight is 298 g/mol. The molecule has 2 heterocycles. The summed E-state index contributed by atoms with van der Waals surface area (Å²) in [5, 5.41) is 3.33. The quantitative estimate of drug-likeness (QED) is 0.907. The summed E-state index contributed by atoms with van der Waals surface area (Å²) in [5.41, 5.74) is 6.16. The lowest BCUT2D eigenvalue weighted by atomic mass is 9.90. The van der Waals surface area contributed by atoms with Gasteiger partial charge in [0.05, 0.1) is 18.4 Å². The molecule has 1 atom stereocenters. The van der Waals surface area contributed by atoms with Crippen LogP contribution in [0.25, 0.3) is 0 Å². The molecular formula is C16H18N4O2. The number of ether oxygens (including phenoxy) is 1. The van der Waals surface area contributed by atoms with Gasteiger partial charge in [-0.15, -0.1) is 0 Å². The number of nitrogens with two attached hydrogens (primary N) is 1. The first-order chi connectivity index (χ1) is 10.4. The van der Waals surface area contributed by atoms with Crippen LogP contribution >= 0.6 is 0 Å². The maximum atomic E-state index is 11.2. The average Bonchev–Trinajstić information content (AvgIpc) is 2.46. The summed E-state index contributed by atoms with van der Waals surface area (Å²) in [5.74, 6) is 0.785. The summed E-state index contributed by atoms with van der Waals surface area (Å²) in [4.78, 5) is 19.4. The Labute approximate surface area is 128 Å². The second kappa shape index (κ2) is 5.29. The lowest BCUT2D eigenvalue weighted by molar-refractivity contribution is 0.0758. The molecule has 0 saturated heterocycles. The van der Waals surface area contributed by atoms with Gasteiger partial charge in [0.25, 0.3) is 5.91 Å². The number of para-hydroxylation sites is 1. The van der Waals surface area contributed by atoms with Crippen molar-refractivity contribution >= 4 is 11.7 Å². The molecule has 114 valence electrons. The predicted molar refractivity (Wildman–Crippen MR) is 82.7 cm³/mol. The van der Waals surface area contributed by atoms with E-state index < -0.39 is 5.91 Å². The summed E-state index contributed by atoms with van der Waals surface area (Å²) >= 11 is 0. The van der Waals surface area contributed by atoms with Crippen molar-refractivity contribution in [2.24, 2.45) is 5.73 Å². The maximum absolute atomic E-state index is 11.2. The van der Waals surface area contributed by atoms with E-state index in [0.717, 1.165) is 17.7 Å². The van der Waals surface area contributed by atoms with Gasteiger partial charge < -0.3 is 15.8 Å². The van der Waals surface area contributed by atoms with Gasteiger partial charge in [-0.1, -0.05) is 18.2 Å². The Bertz CT molecular complexity index is 715. The van der Waals surface area contributed by atoms with Crippen LogP contribution in [0.3, 0.4) is 0 Å².